The third kappa shape index (κ3) is 6.03. The van der Waals surface area contributed by atoms with Crippen LogP contribution in [0.25, 0.3) is 10.9 Å². The zero-order valence-corrected chi connectivity index (χ0v) is 19.8. The summed E-state index contributed by atoms with van der Waals surface area (Å²) in [7, 11) is 1.34. The maximum absolute atomic E-state index is 12.1. The van der Waals surface area contributed by atoms with Gasteiger partial charge in [-0.1, -0.05) is 12.1 Å². The molecule has 1 amide bonds. The van der Waals surface area contributed by atoms with Gasteiger partial charge in [0.05, 0.1) is 18.2 Å². The molecule has 0 aliphatic carbocycles. The van der Waals surface area contributed by atoms with Gasteiger partial charge in [0.1, 0.15) is 17.7 Å². The van der Waals surface area contributed by atoms with E-state index >= 15 is 0 Å². The summed E-state index contributed by atoms with van der Waals surface area (Å²) in [6, 6.07) is 11.1. The van der Waals surface area contributed by atoms with E-state index in [1.54, 1.807) is 12.1 Å². The Kier molecular flexibility index (Phi) is 6.94. The number of aromatic nitrogens is 2. The minimum atomic E-state index is -0.572. The van der Waals surface area contributed by atoms with Gasteiger partial charge in [-0.05, 0) is 73.2 Å². The van der Waals surface area contributed by atoms with E-state index < -0.39 is 17.7 Å². The van der Waals surface area contributed by atoms with Crippen molar-refractivity contribution >= 4 is 57.1 Å². The molecular formula is C22H23IN4O4. The van der Waals surface area contributed by atoms with Gasteiger partial charge in [0.25, 0.3) is 0 Å². The Labute approximate surface area is 193 Å². The Morgan fingerprint density at radius 1 is 1.13 bits per heavy atom. The van der Waals surface area contributed by atoms with Gasteiger partial charge in [0.2, 0.25) is 0 Å². The van der Waals surface area contributed by atoms with E-state index in [0.29, 0.717) is 29.1 Å². The highest BCUT2D eigenvalue weighted by atomic mass is 127. The lowest BCUT2D eigenvalue weighted by atomic mass is 10.1. The van der Waals surface area contributed by atoms with Gasteiger partial charge in [0, 0.05) is 21.2 Å². The number of methoxy groups -OCH3 is 1. The second kappa shape index (κ2) is 9.46. The first-order chi connectivity index (χ1) is 14.7. The molecule has 0 radical (unpaired) electrons. The molecule has 162 valence electrons. The van der Waals surface area contributed by atoms with Crippen molar-refractivity contribution in [2.45, 2.75) is 32.9 Å². The topological polar surface area (TPSA) is 102 Å². The van der Waals surface area contributed by atoms with Crippen LogP contribution in [0, 0.1) is 3.57 Å². The molecule has 31 heavy (non-hydrogen) atoms. The number of amides is 1. The number of carbonyl (C=O) groups is 2. The Morgan fingerprint density at radius 2 is 1.90 bits per heavy atom. The van der Waals surface area contributed by atoms with Crippen molar-refractivity contribution in [1.82, 2.24) is 9.97 Å². The number of ether oxygens (including phenoxy) is 2. The molecule has 0 aliphatic heterocycles. The Hall–Kier alpha value is -2.95. The van der Waals surface area contributed by atoms with Crippen LogP contribution in [0.1, 0.15) is 36.7 Å². The molecule has 1 aromatic heterocycles. The predicted octanol–water partition coefficient (Wildman–Crippen LogP) is 4.98. The number of benzene rings is 2. The second-order valence-electron chi connectivity index (χ2n) is 7.74. The van der Waals surface area contributed by atoms with Crippen molar-refractivity contribution in [1.29, 1.82) is 0 Å². The van der Waals surface area contributed by atoms with Crippen LogP contribution < -0.4 is 10.6 Å². The second-order valence-corrected chi connectivity index (χ2v) is 8.99. The lowest BCUT2D eigenvalue weighted by molar-refractivity contribution is 0.0600. The number of nitrogens with zero attached hydrogens (tertiary/aromatic N) is 2. The van der Waals surface area contributed by atoms with E-state index in [1.807, 2.05) is 45.0 Å². The summed E-state index contributed by atoms with van der Waals surface area (Å²) in [6.45, 7) is 5.89. The first-order valence-electron chi connectivity index (χ1n) is 9.51. The van der Waals surface area contributed by atoms with Gasteiger partial charge in [0.15, 0.2) is 0 Å². The SMILES string of the molecule is COC(=O)c1cc(I)cc2c(NCc3cccc(NC(=O)OC(C)(C)C)c3)ncnc12. The fourth-order valence-electron chi connectivity index (χ4n) is 2.91. The molecule has 1 heterocycles. The number of anilines is 2. The van der Waals surface area contributed by atoms with Crippen LogP contribution in [0.3, 0.4) is 0 Å². The van der Waals surface area contributed by atoms with Crippen molar-refractivity contribution in [3.8, 4) is 0 Å². The molecule has 0 atom stereocenters. The number of halogens is 1. The maximum Gasteiger partial charge on any atom is 0.412 e. The molecule has 2 N–H and O–H groups in total. The van der Waals surface area contributed by atoms with Gasteiger partial charge in [-0.25, -0.2) is 19.6 Å². The molecule has 3 rings (SSSR count). The Morgan fingerprint density at radius 3 is 2.61 bits per heavy atom. The van der Waals surface area contributed by atoms with Gasteiger partial charge in [-0.2, -0.15) is 0 Å². The van der Waals surface area contributed by atoms with Crippen LogP contribution in [0.15, 0.2) is 42.7 Å². The Bertz CT molecular complexity index is 1130. The highest BCUT2D eigenvalue weighted by Crippen LogP contribution is 2.26. The van der Waals surface area contributed by atoms with Gasteiger partial charge < -0.3 is 14.8 Å². The van der Waals surface area contributed by atoms with Crippen molar-refractivity contribution < 1.29 is 19.1 Å². The summed E-state index contributed by atoms with van der Waals surface area (Å²) >= 11 is 2.14. The summed E-state index contributed by atoms with van der Waals surface area (Å²) in [5, 5.41) is 6.74. The number of hydrogen-bond donors (Lipinski definition) is 2. The minimum Gasteiger partial charge on any atom is -0.465 e. The van der Waals surface area contributed by atoms with Gasteiger partial charge in [-0.3, -0.25) is 5.32 Å². The molecule has 0 spiro atoms. The average molecular weight is 534 g/mol. The molecule has 0 unspecified atom stereocenters. The molecule has 3 aromatic rings. The van der Waals surface area contributed by atoms with Crippen LogP contribution in [0.2, 0.25) is 0 Å². The van der Waals surface area contributed by atoms with E-state index in [-0.39, 0.29) is 0 Å². The number of fused-ring (bicyclic) bond motifs is 1. The molecule has 9 heteroatoms. The highest BCUT2D eigenvalue weighted by Gasteiger charge is 2.17. The quantitative estimate of drug-likeness (QED) is 0.352. The largest absolute Gasteiger partial charge is 0.465 e. The monoisotopic (exact) mass is 534 g/mol. The lowest BCUT2D eigenvalue weighted by Gasteiger charge is -2.19. The van der Waals surface area contributed by atoms with Crippen LogP contribution in [0.5, 0.6) is 0 Å². The standard InChI is InChI=1S/C22H23IN4O4/c1-22(2,3)31-21(29)27-15-7-5-6-13(8-15)11-24-19-16-9-14(23)10-17(20(28)30-4)18(16)25-12-26-19/h5-10,12H,11H2,1-4H3,(H,27,29)(H,24,25,26). The summed E-state index contributed by atoms with van der Waals surface area (Å²) < 4.78 is 11.0. The molecule has 0 aliphatic rings. The maximum atomic E-state index is 12.1. The minimum absolute atomic E-state index is 0.387. The van der Waals surface area contributed by atoms with Crippen molar-refractivity contribution in [2.24, 2.45) is 0 Å². The average Bonchev–Trinajstić information content (AvgIpc) is 2.70. The molecule has 0 bridgehead atoms. The van der Waals surface area contributed by atoms with Crippen molar-refractivity contribution in [2.75, 3.05) is 17.7 Å². The molecule has 0 saturated carbocycles. The lowest BCUT2D eigenvalue weighted by Crippen LogP contribution is -2.27. The smallest absolute Gasteiger partial charge is 0.412 e. The first kappa shape index (κ1) is 22.7. The van der Waals surface area contributed by atoms with Crippen LogP contribution in [0.4, 0.5) is 16.3 Å². The fourth-order valence-corrected chi connectivity index (χ4v) is 3.53. The number of hydrogen-bond acceptors (Lipinski definition) is 7. The van der Waals surface area contributed by atoms with Crippen LogP contribution >= 0.6 is 22.6 Å². The van der Waals surface area contributed by atoms with E-state index in [1.165, 1.54) is 13.4 Å². The normalized spacial score (nSPS) is 11.1. The Balaban J connectivity index is 1.80. The molecule has 2 aromatic carbocycles. The van der Waals surface area contributed by atoms with Crippen LogP contribution in [-0.2, 0) is 16.0 Å². The zero-order valence-electron chi connectivity index (χ0n) is 17.7. The predicted molar refractivity (Wildman–Crippen MR) is 127 cm³/mol. The van der Waals surface area contributed by atoms with Crippen LogP contribution in [-0.4, -0.2) is 34.7 Å². The molecule has 0 fully saturated rings. The third-order valence-corrected chi connectivity index (χ3v) is 4.76. The molecule has 8 nitrogen and oxygen atoms in total. The molecule has 0 saturated heterocycles. The van der Waals surface area contributed by atoms with E-state index in [0.717, 1.165) is 14.5 Å². The third-order valence-electron chi connectivity index (χ3n) is 4.14. The summed E-state index contributed by atoms with van der Waals surface area (Å²) in [6.07, 6.45) is 0.897. The summed E-state index contributed by atoms with van der Waals surface area (Å²) in [4.78, 5) is 32.7. The van der Waals surface area contributed by atoms with Gasteiger partial charge in [-0.15, -0.1) is 0 Å². The van der Waals surface area contributed by atoms with E-state index in [4.69, 9.17) is 9.47 Å². The summed E-state index contributed by atoms with van der Waals surface area (Å²) in [5.74, 6) is 0.147. The number of nitrogens with one attached hydrogen (secondary N) is 2. The summed E-state index contributed by atoms with van der Waals surface area (Å²) in [5.41, 5.74) is 1.89. The van der Waals surface area contributed by atoms with Crippen molar-refractivity contribution in [3.05, 3.63) is 57.4 Å². The number of rotatable bonds is 5. The van der Waals surface area contributed by atoms with Gasteiger partial charge >= 0.3 is 12.1 Å². The van der Waals surface area contributed by atoms with E-state index in [2.05, 4.69) is 43.2 Å². The van der Waals surface area contributed by atoms with E-state index in [9.17, 15) is 9.59 Å². The highest BCUT2D eigenvalue weighted by molar-refractivity contribution is 14.1. The van der Waals surface area contributed by atoms with Crippen molar-refractivity contribution in [3.63, 3.8) is 0 Å². The zero-order chi connectivity index (χ0) is 22.6. The fraction of sp³-hybridized carbons (Fsp3) is 0.273. The first-order valence-corrected chi connectivity index (χ1v) is 10.6. The molecular weight excluding hydrogens is 511 g/mol. The number of carbonyl (C=O) groups excluding carboxylic acids is 2. The number of esters is 1.